The van der Waals surface area contributed by atoms with Gasteiger partial charge < -0.3 is 14.2 Å². The largest absolute Gasteiger partial charge is 0.387 e. The summed E-state index contributed by atoms with van der Waals surface area (Å²) in [4.78, 5) is 0. The second kappa shape index (κ2) is 6.42. The van der Waals surface area contributed by atoms with Crippen LogP contribution in [-0.4, -0.2) is 14.2 Å². The Kier molecular flexibility index (Phi) is 4.35. The van der Waals surface area contributed by atoms with E-state index in [-0.39, 0.29) is 0 Å². The maximum absolute atomic E-state index is 10.6. The number of aryl methyl sites for hydroxylation is 2. The Bertz CT molecular complexity index is 858. The van der Waals surface area contributed by atoms with Gasteiger partial charge in [0.15, 0.2) is 0 Å². The molecule has 1 aromatic heterocycles. The number of imidazole rings is 1. The third-order valence-corrected chi connectivity index (χ3v) is 4.24. The number of benzene rings is 2. The van der Waals surface area contributed by atoms with E-state index in [9.17, 15) is 5.11 Å². The van der Waals surface area contributed by atoms with Gasteiger partial charge in [-0.1, -0.05) is 48.9 Å². The highest BCUT2D eigenvalue weighted by Gasteiger charge is 2.14. The first-order chi connectivity index (χ1) is 11.1. The fourth-order valence-electron chi connectivity index (χ4n) is 3.00. The van der Waals surface area contributed by atoms with Crippen LogP contribution < -0.4 is 5.62 Å². The van der Waals surface area contributed by atoms with E-state index in [1.165, 1.54) is 5.56 Å². The molecular weight excluding hydrogens is 286 g/mol. The number of aliphatic hydroxyl groups is 1. The van der Waals surface area contributed by atoms with Gasteiger partial charge in [0.05, 0.1) is 23.7 Å². The van der Waals surface area contributed by atoms with Crippen molar-refractivity contribution in [2.24, 2.45) is 0 Å². The van der Waals surface area contributed by atoms with E-state index < -0.39 is 6.10 Å². The summed E-state index contributed by atoms with van der Waals surface area (Å²) in [5.41, 5.74) is 4.55. The molecule has 4 heteroatoms. The molecular formula is C19H23N3O. The fraction of sp³-hybridized carbons (Fsp3) is 0.316. The maximum Gasteiger partial charge on any atom is 0.203 e. The Morgan fingerprint density at radius 1 is 1.00 bits per heavy atom. The van der Waals surface area contributed by atoms with E-state index in [0.717, 1.165) is 29.6 Å². The van der Waals surface area contributed by atoms with E-state index in [1.807, 2.05) is 64.6 Å². The highest BCUT2D eigenvalue weighted by molar-refractivity contribution is 5.75. The number of hydrogen-bond acceptors (Lipinski definition) is 2. The van der Waals surface area contributed by atoms with Gasteiger partial charge >= 0.3 is 0 Å². The predicted molar refractivity (Wildman–Crippen MR) is 92.2 cm³/mol. The molecule has 0 unspecified atom stereocenters. The number of fused-ring (bicyclic) bond motifs is 1. The number of rotatable bonds is 5. The third kappa shape index (κ3) is 2.94. The van der Waals surface area contributed by atoms with Gasteiger partial charge in [-0.3, -0.25) is 5.41 Å². The molecule has 0 amide bonds. The Hall–Kier alpha value is -2.33. The zero-order chi connectivity index (χ0) is 16.4. The van der Waals surface area contributed by atoms with Gasteiger partial charge in [0.1, 0.15) is 0 Å². The average molecular weight is 309 g/mol. The smallest absolute Gasteiger partial charge is 0.203 e. The Balaban J connectivity index is 2.01. The van der Waals surface area contributed by atoms with Crippen molar-refractivity contribution >= 4 is 11.0 Å². The van der Waals surface area contributed by atoms with Crippen molar-refractivity contribution in [2.45, 2.75) is 39.5 Å². The molecule has 1 heterocycles. The lowest BCUT2D eigenvalue weighted by Crippen LogP contribution is -2.26. The molecule has 0 fully saturated rings. The normalized spacial score (nSPS) is 12.7. The molecule has 0 saturated carbocycles. The molecule has 0 aliphatic heterocycles. The average Bonchev–Trinajstić information content (AvgIpc) is 2.82. The van der Waals surface area contributed by atoms with Crippen LogP contribution in [0.15, 0.2) is 48.5 Å². The van der Waals surface area contributed by atoms with Gasteiger partial charge in [0, 0.05) is 6.54 Å². The minimum Gasteiger partial charge on any atom is -0.387 e. The quantitative estimate of drug-likeness (QED) is 0.746. The van der Waals surface area contributed by atoms with E-state index in [1.54, 1.807) is 0 Å². The van der Waals surface area contributed by atoms with Crippen LogP contribution in [0.3, 0.4) is 0 Å². The first kappa shape index (κ1) is 15.6. The van der Waals surface area contributed by atoms with Gasteiger partial charge in [-0.2, -0.15) is 0 Å². The zero-order valence-corrected chi connectivity index (χ0v) is 13.7. The number of nitrogens with one attached hydrogen (secondary N) is 1. The van der Waals surface area contributed by atoms with Crippen LogP contribution in [0.4, 0.5) is 0 Å². The third-order valence-electron chi connectivity index (χ3n) is 4.24. The second-order valence-electron chi connectivity index (χ2n) is 6.00. The summed E-state index contributed by atoms with van der Waals surface area (Å²) in [6, 6.07) is 15.9. The van der Waals surface area contributed by atoms with E-state index in [2.05, 4.69) is 6.92 Å². The molecule has 120 valence electrons. The molecule has 0 saturated heterocycles. The molecule has 3 rings (SSSR count). The first-order valence-electron chi connectivity index (χ1n) is 8.09. The maximum atomic E-state index is 10.6. The van der Waals surface area contributed by atoms with Crippen molar-refractivity contribution in [3.8, 4) is 0 Å². The van der Waals surface area contributed by atoms with Gasteiger partial charge in [0.2, 0.25) is 5.62 Å². The Morgan fingerprint density at radius 2 is 1.61 bits per heavy atom. The number of aromatic nitrogens is 2. The van der Waals surface area contributed by atoms with E-state index in [0.29, 0.717) is 12.2 Å². The van der Waals surface area contributed by atoms with Crippen LogP contribution in [0.5, 0.6) is 0 Å². The molecule has 0 aliphatic carbocycles. The molecule has 0 spiro atoms. The lowest BCUT2D eigenvalue weighted by Gasteiger charge is -2.13. The summed E-state index contributed by atoms with van der Waals surface area (Å²) in [5.74, 6) is 0. The summed E-state index contributed by atoms with van der Waals surface area (Å²) in [6.45, 7) is 5.34. The van der Waals surface area contributed by atoms with Crippen LogP contribution in [0, 0.1) is 12.3 Å². The second-order valence-corrected chi connectivity index (χ2v) is 6.00. The molecule has 4 nitrogen and oxygen atoms in total. The van der Waals surface area contributed by atoms with Crippen LogP contribution in [-0.2, 0) is 13.1 Å². The van der Waals surface area contributed by atoms with Crippen molar-refractivity contribution in [3.05, 3.63) is 65.3 Å². The number of hydrogen-bond donors (Lipinski definition) is 2. The molecule has 0 radical (unpaired) electrons. The van der Waals surface area contributed by atoms with E-state index >= 15 is 0 Å². The lowest BCUT2D eigenvalue weighted by molar-refractivity contribution is 0.155. The van der Waals surface area contributed by atoms with Crippen LogP contribution in [0.1, 0.15) is 30.6 Å². The first-order valence-corrected chi connectivity index (χ1v) is 8.09. The zero-order valence-electron chi connectivity index (χ0n) is 13.7. The molecule has 2 N–H and O–H groups in total. The van der Waals surface area contributed by atoms with Crippen molar-refractivity contribution in [1.82, 2.24) is 9.13 Å². The Labute approximate surface area is 136 Å². The van der Waals surface area contributed by atoms with Gasteiger partial charge in [-0.05, 0) is 31.0 Å². The summed E-state index contributed by atoms with van der Waals surface area (Å²) in [5, 5.41) is 19.1. The van der Waals surface area contributed by atoms with Crippen molar-refractivity contribution in [1.29, 1.82) is 5.41 Å². The van der Waals surface area contributed by atoms with E-state index in [4.69, 9.17) is 5.41 Å². The van der Waals surface area contributed by atoms with Crippen LogP contribution in [0.25, 0.3) is 11.0 Å². The molecule has 0 bridgehead atoms. The number of para-hydroxylation sites is 2. The molecule has 23 heavy (non-hydrogen) atoms. The Morgan fingerprint density at radius 3 is 2.22 bits per heavy atom. The summed E-state index contributed by atoms with van der Waals surface area (Å²) >= 11 is 0. The van der Waals surface area contributed by atoms with Crippen LogP contribution in [0.2, 0.25) is 0 Å². The number of nitrogens with zero attached hydrogens (tertiary/aromatic N) is 2. The molecule has 2 aromatic carbocycles. The topological polar surface area (TPSA) is 53.9 Å². The van der Waals surface area contributed by atoms with Crippen molar-refractivity contribution < 1.29 is 5.11 Å². The van der Waals surface area contributed by atoms with Crippen molar-refractivity contribution in [3.63, 3.8) is 0 Å². The highest BCUT2D eigenvalue weighted by atomic mass is 16.3. The summed E-state index contributed by atoms with van der Waals surface area (Å²) in [6.07, 6.45) is 0.357. The molecule has 3 aromatic rings. The molecule has 0 aliphatic rings. The minimum atomic E-state index is -0.620. The van der Waals surface area contributed by atoms with Gasteiger partial charge in [-0.15, -0.1) is 0 Å². The van der Waals surface area contributed by atoms with Gasteiger partial charge in [-0.25, -0.2) is 0 Å². The summed E-state index contributed by atoms with van der Waals surface area (Å²) in [7, 11) is 0. The lowest BCUT2D eigenvalue weighted by atomic mass is 10.1. The molecule has 1 atom stereocenters. The van der Waals surface area contributed by atoms with Crippen LogP contribution >= 0.6 is 0 Å². The highest BCUT2D eigenvalue weighted by Crippen LogP contribution is 2.19. The monoisotopic (exact) mass is 309 g/mol. The number of aliphatic hydroxyl groups excluding tert-OH is 1. The predicted octanol–water partition coefficient (Wildman–Crippen LogP) is 3.37. The standard InChI is InChI=1S/C19H23N3O/c1-3-12-21-16-6-4-5-7-17(16)22(19(21)20)13-18(23)15-10-8-14(2)9-11-15/h4-11,18,20,23H,3,12-13H2,1-2H3/t18-/m0/s1. The summed E-state index contributed by atoms with van der Waals surface area (Å²) < 4.78 is 3.91. The van der Waals surface area contributed by atoms with Crippen molar-refractivity contribution in [2.75, 3.05) is 0 Å². The van der Waals surface area contributed by atoms with Gasteiger partial charge in [0.25, 0.3) is 0 Å². The fourth-order valence-corrected chi connectivity index (χ4v) is 3.00. The SMILES string of the molecule is CCCn1c(=N)n(C[C@H](O)c2ccc(C)cc2)c2ccccc21. The minimum absolute atomic E-state index is 0.388.